The highest BCUT2D eigenvalue weighted by molar-refractivity contribution is 5.86. The van der Waals surface area contributed by atoms with E-state index in [0.29, 0.717) is 0 Å². The number of aryl methyl sites for hydroxylation is 1. The first kappa shape index (κ1) is 22.5. The first-order chi connectivity index (χ1) is 16.1. The molecule has 0 fully saturated rings. The first-order valence-electron chi connectivity index (χ1n) is 12.3. The zero-order valence-corrected chi connectivity index (χ0v) is 21.5. The van der Waals surface area contributed by atoms with Gasteiger partial charge < -0.3 is 4.90 Å². The van der Waals surface area contributed by atoms with Gasteiger partial charge in [-0.2, -0.15) is 0 Å². The Labute approximate surface area is 205 Å². The minimum absolute atomic E-state index is 0.0150. The molecule has 0 saturated carbocycles. The van der Waals surface area contributed by atoms with Crippen molar-refractivity contribution in [3.63, 3.8) is 0 Å². The first-order valence-corrected chi connectivity index (χ1v) is 12.3. The van der Waals surface area contributed by atoms with Crippen LogP contribution < -0.4 is 4.90 Å². The van der Waals surface area contributed by atoms with E-state index >= 15 is 0 Å². The van der Waals surface area contributed by atoms with Crippen molar-refractivity contribution in [1.82, 2.24) is 0 Å². The molecule has 0 radical (unpaired) electrons. The Balaban J connectivity index is 1.72. The second-order valence-corrected chi connectivity index (χ2v) is 11.2. The zero-order chi connectivity index (χ0) is 24.3. The van der Waals surface area contributed by atoms with Gasteiger partial charge in [0.1, 0.15) is 0 Å². The van der Waals surface area contributed by atoms with Gasteiger partial charge >= 0.3 is 0 Å². The summed E-state index contributed by atoms with van der Waals surface area (Å²) in [6.07, 6.45) is 0. The summed E-state index contributed by atoms with van der Waals surface area (Å²) in [5.74, 6) is 0. The molecule has 0 aliphatic heterocycles. The molecule has 34 heavy (non-hydrogen) atoms. The maximum Gasteiger partial charge on any atom is 0.0451 e. The van der Waals surface area contributed by atoms with Gasteiger partial charge in [0.2, 0.25) is 0 Å². The number of anilines is 2. The summed E-state index contributed by atoms with van der Waals surface area (Å²) in [7, 11) is 0. The molecule has 0 heterocycles. The van der Waals surface area contributed by atoms with Crippen LogP contribution in [0, 0.1) is 13.8 Å². The molecule has 1 aliphatic rings. The number of benzene rings is 4. The highest BCUT2D eigenvalue weighted by atomic mass is 15.2. The van der Waals surface area contributed by atoms with Crippen LogP contribution in [0.5, 0.6) is 0 Å². The molecule has 1 nitrogen and oxygen atoms in total. The number of hydrogen-bond acceptors (Lipinski definition) is 1. The summed E-state index contributed by atoms with van der Waals surface area (Å²) in [5, 5.41) is 0. The molecular weight excluding hydrogens is 410 g/mol. The molecule has 0 bridgehead atoms. The summed E-state index contributed by atoms with van der Waals surface area (Å²) in [4.78, 5) is 2.55. The molecule has 5 rings (SSSR count). The summed E-state index contributed by atoms with van der Waals surface area (Å²) >= 11 is 0. The normalized spacial score (nSPS) is 14.0. The van der Waals surface area contributed by atoms with Crippen LogP contribution in [0.3, 0.4) is 0 Å². The number of fused-ring (bicyclic) bond motifs is 3. The molecule has 1 heteroatoms. The van der Waals surface area contributed by atoms with E-state index in [4.69, 9.17) is 0 Å². The fourth-order valence-corrected chi connectivity index (χ4v) is 5.73. The van der Waals surface area contributed by atoms with Gasteiger partial charge in [-0.3, -0.25) is 0 Å². The predicted molar refractivity (Wildman–Crippen MR) is 147 cm³/mol. The summed E-state index contributed by atoms with van der Waals surface area (Å²) in [5.41, 5.74) is 13.2. The Kier molecular flexibility index (Phi) is 5.20. The number of hydrogen-bond donors (Lipinski definition) is 0. The van der Waals surface area contributed by atoms with Gasteiger partial charge in [0.05, 0.1) is 0 Å². The van der Waals surface area contributed by atoms with E-state index in [1.165, 1.54) is 55.9 Å². The van der Waals surface area contributed by atoms with E-state index in [1.807, 2.05) is 0 Å². The van der Waals surface area contributed by atoms with Gasteiger partial charge in [-0.25, -0.2) is 0 Å². The third-order valence-corrected chi connectivity index (χ3v) is 7.44. The van der Waals surface area contributed by atoms with Crippen LogP contribution in [-0.2, 0) is 5.41 Å². The standard InChI is InChI=1S/C33H35N/c1-22-20-27-26-16-11-12-18-28(26)33(6,7)29(27)21-31(22)34(32(3,4)5)30-19-13-17-25(23(30)2)24-14-9-8-10-15-24/h8-21H,1-7H3. The van der Waals surface area contributed by atoms with E-state index in [-0.39, 0.29) is 11.0 Å². The van der Waals surface area contributed by atoms with Gasteiger partial charge in [0, 0.05) is 22.3 Å². The van der Waals surface area contributed by atoms with Crippen molar-refractivity contribution in [2.24, 2.45) is 0 Å². The maximum atomic E-state index is 2.55. The average Bonchev–Trinajstić information content (AvgIpc) is 3.02. The smallest absolute Gasteiger partial charge is 0.0451 e. The molecular formula is C33H35N. The Bertz CT molecular complexity index is 1370. The third-order valence-electron chi connectivity index (χ3n) is 7.44. The van der Waals surface area contributed by atoms with Crippen molar-refractivity contribution in [1.29, 1.82) is 0 Å². The Hall–Kier alpha value is -3.32. The van der Waals surface area contributed by atoms with Crippen LogP contribution in [-0.4, -0.2) is 5.54 Å². The van der Waals surface area contributed by atoms with Crippen LogP contribution >= 0.6 is 0 Å². The molecule has 0 amide bonds. The molecule has 1 aliphatic carbocycles. The van der Waals surface area contributed by atoms with Crippen molar-refractivity contribution in [3.8, 4) is 22.3 Å². The van der Waals surface area contributed by atoms with Gasteiger partial charge in [-0.1, -0.05) is 80.6 Å². The second-order valence-electron chi connectivity index (χ2n) is 11.2. The number of rotatable bonds is 3. The molecule has 0 spiro atoms. The minimum Gasteiger partial charge on any atom is -0.336 e. The van der Waals surface area contributed by atoms with Gasteiger partial charge in [-0.05, 0) is 97.3 Å². The molecule has 0 atom stereocenters. The predicted octanol–water partition coefficient (Wildman–Crippen LogP) is 9.21. The summed E-state index contributed by atoms with van der Waals surface area (Å²) in [6.45, 7) is 16.2. The van der Waals surface area contributed by atoms with Crippen LogP contribution in [0.2, 0.25) is 0 Å². The zero-order valence-electron chi connectivity index (χ0n) is 21.5. The van der Waals surface area contributed by atoms with Crippen LogP contribution in [0.15, 0.2) is 84.9 Å². The largest absolute Gasteiger partial charge is 0.336 e. The summed E-state index contributed by atoms with van der Waals surface area (Å²) < 4.78 is 0. The molecule has 0 aromatic heterocycles. The highest BCUT2D eigenvalue weighted by Gasteiger charge is 2.37. The van der Waals surface area contributed by atoms with Gasteiger partial charge in [0.25, 0.3) is 0 Å². The molecule has 4 aromatic carbocycles. The molecule has 0 unspecified atom stereocenters. The van der Waals surface area contributed by atoms with E-state index in [1.54, 1.807) is 0 Å². The maximum absolute atomic E-state index is 2.55. The lowest BCUT2D eigenvalue weighted by molar-refractivity contribution is 0.557. The molecule has 172 valence electrons. The van der Waals surface area contributed by atoms with Crippen molar-refractivity contribution >= 4 is 11.4 Å². The van der Waals surface area contributed by atoms with Crippen molar-refractivity contribution in [2.45, 2.75) is 59.4 Å². The minimum atomic E-state index is -0.0886. The van der Waals surface area contributed by atoms with Gasteiger partial charge in [-0.15, -0.1) is 0 Å². The van der Waals surface area contributed by atoms with Crippen molar-refractivity contribution in [2.75, 3.05) is 4.90 Å². The SMILES string of the molecule is Cc1cc2c(cc1N(c1cccc(-c3ccccc3)c1C)C(C)(C)C)C(C)(C)c1ccccc1-2. The van der Waals surface area contributed by atoms with Crippen LogP contribution in [0.4, 0.5) is 11.4 Å². The van der Waals surface area contributed by atoms with Crippen LogP contribution in [0.1, 0.15) is 56.9 Å². The van der Waals surface area contributed by atoms with Crippen molar-refractivity contribution in [3.05, 3.63) is 107 Å². The Morgan fingerprint density at radius 1 is 0.618 bits per heavy atom. The monoisotopic (exact) mass is 445 g/mol. The van der Waals surface area contributed by atoms with E-state index in [9.17, 15) is 0 Å². The number of nitrogens with zero attached hydrogens (tertiary/aromatic N) is 1. The fourth-order valence-electron chi connectivity index (χ4n) is 5.73. The molecule has 0 N–H and O–H groups in total. The van der Waals surface area contributed by atoms with E-state index in [2.05, 4.69) is 138 Å². The average molecular weight is 446 g/mol. The lowest BCUT2D eigenvalue weighted by Gasteiger charge is -2.40. The highest BCUT2D eigenvalue weighted by Crippen LogP contribution is 2.51. The lowest BCUT2D eigenvalue weighted by Crippen LogP contribution is -2.38. The lowest BCUT2D eigenvalue weighted by atomic mass is 9.82. The van der Waals surface area contributed by atoms with Crippen molar-refractivity contribution < 1.29 is 0 Å². The second kappa shape index (κ2) is 7.87. The van der Waals surface area contributed by atoms with E-state index < -0.39 is 0 Å². The van der Waals surface area contributed by atoms with E-state index in [0.717, 1.165) is 0 Å². The summed E-state index contributed by atoms with van der Waals surface area (Å²) in [6, 6.07) is 31.2. The third kappa shape index (κ3) is 3.46. The molecule has 0 saturated heterocycles. The Morgan fingerprint density at radius 2 is 1.26 bits per heavy atom. The molecule has 4 aromatic rings. The van der Waals surface area contributed by atoms with Crippen LogP contribution in [0.25, 0.3) is 22.3 Å². The quantitative estimate of drug-likeness (QED) is 0.304. The fraction of sp³-hybridized carbons (Fsp3) is 0.273. The Morgan fingerprint density at radius 3 is 1.97 bits per heavy atom. The van der Waals surface area contributed by atoms with Gasteiger partial charge in [0.15, 0.2) is 0 Å². The topological polar surface area (TPSA) is 3.24 Å².